The highest BCUT2D eigenvalue weighted by atomic mass is 35.5. The molecule has 1 N–H and O–H groups in total. The van der Waals surface area contributed by atoms with Crippen molar-refractivity contribution in [2.45, 2.75) is 6.92 Å². The van der Waals surface area contributed by atoms with Crippen LogP contribution in [0.15, 0.2) is 53.3 Å². The maximum atomic E-state index is 12.7. The fourth-order valence-electron chi connectivity index (χ4n) is 2.44. The van der Waals surface area contributed by atoms with Crippen LogP contribution in [0.5, 0.6) is 5.75 Å². The topological polar surface area (TPSA) is 73.2 Å². The van der Waals surface area contributed by atoms with Crippen molar-refractivity contribution < 1.29 is 9.53 Å². The largest absolute Gasteiger partial charge is 0.494 e. The molecule has 6 nitrogen and oxygen atoms in total. The van der Waals surface area contributed by atoms with E-state index >= 15 is 0 Å². The van der Waals surface area contributed by atoms with Gasteiger partial charge in [0.15, 0.2) is 11.4 Å². The second kappa shape index (κ2) is 7.82. The maximum Gasteiger partial charge on any atom is 0.280 e. The fraction of sp³-hybridized carbons (Fsp3) is 0.105. The second-order valence-electron chi connectivity index (χ2n) is 5.76. The van der Waals surface area contributed by atoms with Crippen LogP contribution in [0.2, 0.25) is 10.0 Å². The van der Waals surface area contributed by atoms with Crippen LogP contribution in [0.1, 0.15) is 16.1 Å². The van der Waals surface area contributed by atoms with E-state index in [0.29, 0.717) is 21.4 Å². The molecule has 0 unspecified atom stereocenters. The molecule has 0 aliphatic carbocycles. The van der Waals surface area contributed by atoms with Crippen LogP contribution in [-0.4, -0.2) is 22.8 Å². The average Bonchev–Trinajstić information content (AvgIpc) is 2.61. The Kier molecular flexibility index (Phi) is 5.48. The number of ether oxygens (including phenoxy) is 1. The van der Waals surface area contributed by atoms with Gasteiger partial charge in [0.05, 0.1) is 18.9 Å². The number of benzene rings is 2. The summed E-state index contributed by atoms with van der Waals surface area (Å²) in [6, 6.07) is 13.1. The van der Waals surface area contributed by atoms with E-state index < -0.39 is 11.5 Å². The number of aryl methyl sites for hydroxylation is 1. The van der Waals surface area contributed by atoms with Gasteiger partial charge in [0, 0.05) is 15.7 Å². The summed E-state index contributed by atoms with van der Waals surface area (Å²) in [6.07, 6.45) is 0. The monoisotopic (exact) mass is 403 g/mol. The highest BCUT2D eigenvalue weighted by Gasteiger charge is 2.18. The minimum Gasteiger partial charge on any atom is -0.494 e. The Morgan fingerprint density at radius 1 is 1.07 bits per heavy atom. The van der Waals surface area contributed by atoms with Gasteiger partial charge < -0.3 is 10.1 Å². The summed E-state index contributed by atoms with van der Waals surface area (Å²) >= 11 is 11.9. The number of nitrogens with zero attached hydrogens (tertiary/aromatic N) is 2. The normalized spacial score (nSPS) is 10.5. The zero-order chi connectivity index (χ0) is 19.6. The predicted molar refractivity (Wildman–Crippen MR) is 106 cm³/mol. The van der Waals surface area contributed by atoms with Crippen molar-refractivity contribution in [3.63, 3.8) is 0 Å². The third-order valence-corrected chi connectivity index (χ3v) is 4.17. The summed E-state index contributed by atoms with van der Waals surface area (Å²) in [6.45, 7) is 1.93. The van der Waals surface area contributed by atoms with E-state index in [1.54, 1.807) is 30.3 Å². The van der Waals surface area contributed by atoms with Gasteiger partial charge in [0.1, 0.15) is 0 Å². The number of amides is 1. The molecular formula is C19H15Cl2N3O3. The molecule has 1 heterocycles. The van der Waals surface area contributed by atoms with E-state index in [2.05, 4.69) is 10.4 Å². The van der Waals surface area contributed by atoms with Gasteiger partial charge in [0.25, 0.3) is 11.5 Å². The van der Waals surface area contributed by atoms with Crippen LogP contribution in [0.4, 0.5) is 5.69 Å². The van der Waals surface area contributed by atoms with Gasteiger partial charge >= 0.3 is 0 Å². The minimum absolute atomic E-state index is 0.0474. The van der Waals surface area contributed by atoms with Crippen LogP contribution in [0, 0.1) is 6.92 Å². The average molecular weight is 404 g/mol. The molecule has 0 fully saturated rings. The summed E-state index contributed by atoms with van der Waals surface area (Å²) in [5.41, 5.74) is 1.51. The van der Waals surface area contributed by atoms with Gasteiger partial charge in [-0.3, -0.25) is 9.59 Å². The van der Waals surface area contributed by atoms with Gasteiger partial charge in [-0.25, -0.2) is 0 Å². The number of nitrogens with one attached hydrogen (secondary N) is 1. The van der Waals surface area contributed by atoms with Gasteiger partial charge in [-0.2, -0.15) is 9.78 Å². The van der Waals surface area contributed by atoms with E-state index in [0.717, 1.165) is 10.2 Å². The third-order valence-electron chi connectivity index (χ3n) is 3.73. The van der Waals surface area contributed by atoms with Crippen molar-refractivity contribution >= 4 is 34.8 Å². The Hall–Kier alpha value is -2.83. The lowest BCUT2D eigenvalue weighted by molar-refractivity contribution is 0.101. The van der Waals surface area contributed by atoms with Crippen LogP contribution in [0.3, 0.4) is 0 Å². The van der Waals surface area contributed by atoms with Gasteiger partial charge in [0.2, 0.25) is 0 Å². The summed E-state index contributed by atoms with van der Waals surface area (Å²) < 4.78 is 6.29. The zero-order valence-electron chi connectivity index (χ0n) is 14.5. The van der Waals surface area contributed by atoms with E-state index in [-0.39, 0.29) is 11.4 Å². The van der Waals surface area contributed by atoms with Crippen molar-refractivity contribution in [3.8, 4) is 11.4 Å². The number of anilines is 1. The summed E-state index contributed by atoms with van der Waals surface area (Å²) in [5, 5.41) is 7.60. The molecule has 0 radical (unpaired) electrons. The first-order chi connectivity index (χ1) is 12.9. The lowest BCUT2D eigenvalue weighted by Crippen LogP contribution is -2.26. The van der Waals surface area contributed by atoms with E-state index in [9.17, 15) is 9.59 Å². The minimum atomic E-state index is -0.564. The molecule has 27 heavy (non-hydrogen) atoms. The molecule has 3 aromatic rings. The van der Waals surface area contributed by atoms with E-state index in [1.165, 1.54) is 13.2 Å². The first-order valence-electron chi connectivity index (χ1n) is 7.90. The number of aromatic nitrogens is 2. The Balaban J connectivity index is 2.02. The third kappa shape index (κ3) is 4.30. The summed E-state index contributed by atoms with van der Waals surface area (Å²) in [4.78, 5) is 25.1. The smallest absolute Gasteiger partial charge is 0.280 e. The second-order valence-corrected chi connectivity index (χ2v) is 6.63. The molecule has 0 saturated carbocycles. The SMILES string of the molecule is COc1cc(=O)n(-c2ccc(C)cc2)nc1C(=O)Nc1cc(Cl)cc(Cl)c1. The van der Waals surface area contributed by atoms with Gasteiger partial charge in [-0.05, 0) is 37.3 Å². The number of carbonyl (C=O) groups excluding carboxylic acids is 1. The van der Waals surface area contributed by atoms with Crippen LogP contribution in [-0.2, 0) is 0 Å². The maximum absolute atomic E-state index is 12.7. The number of hydrogen-bond acceptors (Lipinski definition) is 4. The molecular weight excluding hydrogens is 389 g/mol. The first kappa shape index (κ1) is 18.9. The first-order valence-corrected chi connectivity index (χ1v) is 8.66. The Morgan fingerprint density at radius 2 is 1.70 bits per heavy atom. The Labute approximate surface area is 165 Å². The van der Waals surface area contributed by atoms with E-state index in [4.69, 9.17) is 27.9 Å². The molecule has 0 saturated heterocycles. The van der Waals surface area contributed by atoms with Crippen molar-refractivity contribution in [3.05, 3.63) is 80.2 Å². The molecule has 0 spiro atoms. The van der Waals surface area contributed by atoms with Crippen LogP contribution in [0.25, 0.3) is 5.69 Å². The molecule has 138 valence electrons. The van der Waals surface area contributed by atoms with Crippen molar-refractivity contribution in [2.75, 3.05) is 12.4 Å². The van der Waals surface area contributed by atoms with Crippen LogP contribution >= 0.6 is 23.2 Å². The molecule has 1 aromatic heterocycles. The molecule has 8 heteroatoms. The highest BCUT2D eigenvalue weighted by Crippen LogP contribution is 2.24. The zero-order valence-corrected chi connectivity index (χ0v) is 16.0. The standard InChI is InChI=1S/C19H15Cl2N3O3/c1-11-3-5-15(6-4-11)24-17(25)10-16(27-2)18(23-24)19(26)22-14-8-12(20)7-13(21)9-14/h3-10H,1-2H3,(H,22,26). The quantitative estimate of drug-likeness (QED) is 0.711. The number of halogens is 2. The lowest BCUT2D eigenvalue weighted by Gasteiger charge is -2.12. The highest BCUT2D eigenvalue weighted by molar-refractivity contribution is 6.35. The summed E-state index contributed by atoms with van der Waals surface area (Å²) in [7, 11) is 1.36. The number of methoxy groups -OCH3 is 1. The molecule has 0 bridgehead atoms. The van der Waals surface area contributed by atoms with Crippen molar-refractivity contribution in [1.29, 1.82) is 0 Å². The van der Waals surface area contributed by atoms with Crippen molar-refractivity contribution in [2.24, 2.45) is 0 Å². The molecule has 0 atom stereocenters. The molecule has 2 aromatic carbocycles. The summed E-state index contributed by atoms with van der Waals surface area (Å²) in [5.74, 6) is -0.500. The molecule has 3 rings (SSSR count). The molecule has 0 aliphatic rings. The lowest BCUT2D eigenvalue weighted by atomic mass is 10.2. The number of hydrogen-bond donors (Lipinski definition) is 1. The molecule has 0 aliphatic heterocycles. The van der Waals surface area contributed by atoms with E-state index in [1.807, 2.05) is 19.1 Å². The van der Waals surface area contributed by atoms with Gasteiger partial charge in [-0.15, -0.1) is 0 Å². The van der Waals surface area contributed by atoms with Crippen molar-refractivity contribution in [1.82, 2.24) is 9.78 Å². The predicted octanol–water partition coefficient (Wildman–Crippen LogP) is 4.11. The fourth-order valence-corrected chi connectivity index (χ4v) is 2.97. The Bertz CT molecular complexity index is 1040. The molecule has 1 amide bonds. The number of rotatable bonds is 4. The van der Waals surface area contributed by atoms with Crippen LogP contribution < -0.4 is 15.6 Å². The van der Waals surface area contributed by atoms with Gasteiger partial charge in [-0.1, -0.05) is 40.9 Å². The number of carbonyl (C=O) groups is 1. The Morgan fingerprint density at radius 3 is 2.30 bits per heavy atom.